The molecule has 0 saturated carbocycles. The highest BCUT2D eigenvalue weighted by atomic mass is 15.3. The molecule has 2 N–H and O–H groups in total. The van der Waals surface area contributed by atoms with E-state index in [9.17, 15) is 0 Å². The summed E-state index contributed by atoms with van der Waals surface area (Å²) in [6, 6.07) is 0. The van der Waals surface area contributed by atoms with Crippen LogP contribution in [-0.4, -0.2) is 55.6 Å². The van der Waals surface area contributed by atoms with E-state index < -0.39 is 0 Å². The summed E-state index contributed by atoms with van der Waals surface area (Å²) in [5, 5.41) is 0. The van der Waals surface area contributed by atoms with Crippen molar-refractivity contribution in [1.82, 2.24) is 9.80 Å². The third-order valence-corrected chi connectivity index (χ3v) is 2.36. The number of nitrogens with two attached hydrogens (primary N) is 1. The van der Waals surface area contributed by atoms with Gasteiger partial charge in [-0.05, 0) is 6.54 Å². The number of nitrogens with zero attached hydrogens (tertiary/aromatic N) is 2. The molecule has 1 rings (SSSR count). The number of likely N-dealkylation sites (N-methyl/N-ethyl adjacent to an activating group) is 1. The van der Waals surface area contributed by atoms with E-state index in [4.69, 9.17) is 5.73 Å². The van der Waals surface area contributed by atoms with Gasteiger partial charge in [-0.25, -0.2) is 0 Å². The Labute approximate surface area is 69.1 Å². The van der Waals surface area contributed by atoms with Crippen LogP contribution in [0.15, 0.2) is 0 Å². The van der Waals surface area contributed by atoms with E-state index in [2.05, 4.69) is 16.7 Å². The van der Waals surface area contributed by atoms with Crippen molar-refractivity contribution in [3.8, 4) is 0 Å². The maximum Gasteiger partial charge on any atom is 0.0110 e. The first-order valence-corrected chi connectivity index (χ1v) is 4.51. The van der Waals surface area contributed by atoms with Crippen LogP contribution in [0.1, 0.15) is 6.92 Å². The second-order valence-electron chi connectivity index (χ2n) is 3.06. The lowest BCUT2D eigenvalue weighted by Crippen LogP contribution is -2.47. The van der Waals surface area contributed by atoms with Crippen LogP contribution >= 0.6 is 0 Å². The minimum absolute atomic E-state index is 0.798. The summed E-state index contributed by atoms with van der Waals surface area (Å²) in [6.07, 6.45) is 0. The number of hydrogen-bond donors (Lipinski definition) is 1. The van der Waals surface area contributed by atoms with Crippen molar-refractivity contribution in [2.75, 3.05) is 45.8 Å². The highest BCUT2D eigenvalue weighted by molar-refractivity contribution is 4.70. The predicted octanol–water partition coefficient (Wildman–Crippen LogP) is -0.417. The van der Waals surface area contributed by atoms with Gasteiger partial charge in [0.2, 0.25) is 0 Å². The maximum absolute atomic E-state index is 5.47. The summed E-state index contributed by atoms with van der Waals surface area (Å²) in [5.41, 5.74) is 5.47. The molecule has 1 aliphatic rings. The molecule has 0 amide bonds. The first kappa shape index (κ1) is 8.97. The van der Waals surface area contributed by atoms with Gasteiger partial charge in [0, 0.05) is 39.3 Å². The van der Waals surface area contributed by atoms with Crippen molar-refractivity contribution in [3.05, 3.63) is 0 Å². The third-order valence-electron chi connectivity index (χ3n) is 2.36. The molecule has 0 aromatic rings. The molecule has 0 unspecified atom stereocenters. The minimum atomic E-state index is 0.798. The Hall–Kier alpha value is -0.120. The van der Waals surface area contributed by atoms with Gasteiger partial charge in [0.25, 0.3) is 0 Å². The molecule has 0 radical (unpaired) electrons. The second kappa shape index (κ2) is 4.70. The molecule has 3 nitrogen and oxygen atoms in total. The molecule has 11 heavy (non-hydrogen) atoms. The Morgan fingerprint density at radius 1 is 1.09 bits per heavy atom. The summed E-state index contributed by atoms with van der Waals surface area (Å²) < 4.78 is 0. The smallest absolute Gasteiger partial charge is 0.0110 e. The van der Waals surface area contributed by atoms with E-state index in [1.54, 1.807) is 0 Å². The van der Waals surface area contributed by atoms with E-state index in [1.165, 1.54) is 32.7 Å². The quantitative estimate of drug-likeness (QED) is 0.604. The average molecular weight is 157 g/mol. The molecule has 0 atom stereocenters. The topological polar surface area (TPSA) is 32.5 Å². The summed E-state index contributed by atoms with van der Waals surface area (Å²) >= 11 is 0. The molecule has 66 valence electrons. The molecule has 0 aliphatic carbocycles. The highest BCUT2D eigenvalue weighted by Crippen LogP contribution is 1.99. The molecule has 0 bridgehead atoms. The van der Waals surface area contributed by atoms with Gasteiger partial charge in [-0.15, -0.1) is 0 Å². The van der Waals surface area contributed by atoms with Gasteiger partial charge in [-0.3, -0.25) is 4.90 Å². The van der Waals surface area contributed by atoms with Crippen LogP contribution < -0.4 is 5.73 Å². The van der Waals surface area contributed by atoms with E-state index in [0.717, 1.165) is 13.1 Å². The maximum atomic E-state index is 5.47. The van der Waals surface area contributed by atoms with Crippen molar-refractivity contribution < 1.29 is 0 Å². The summed E-state index contributed by atoms with van der Waals surface area (Å²) in [4.78, 5) is 4.92. The van der Waals surface area contributed by atoms with E-state index in [-0.39, 0.29) is 0 Å². The van der Waals surface area contributed by atoms with Crippen LogP contribution in [0.5, 0.6) is 0 Å². The Balaban J connectivity index is 2.14. The molecule has 1 saturated heterocycles. The van der Waals surface area contributed by atoms with Gasteiger partial charge in [-0.1, -0.05) is 6.92 Å². The second-order valence-corrected chi connectivity index (χ2v) is 3.06. The Bertz CT molecular complexity index is 97.5. The SMILES string of the molecule is CCN1CCN(CCN)CC1. The van der Waals surface area contributed by atoms with Crippen LogP contribution in [0.25, 0.3) is 0 Å². The Morgan fingerprint density at radius 2 is 1.64 bits per heavy atom. The molecular formula is C8H19N3. The average Bonchev–Trinajstić information content (AvgIpc) is 2.07. The zero-order chi connectivity index (χ0) is 8.10. The minimum Gasteiger partial charge on any atom is -0.329 e. The first-order chi connectivity index (χ1) is 5.36. The van der Waals surface area contributed by atoms with Gasteiger partial charge in [-0.2, -0.15) is 0 Å². The fraction of sp³-hybridized carbons (Fsp3) is 1.00. The molecule has 1 aliphatic heterocycles. The van der Waals surface area contributed by atoms with E-state index >= 15 is 0 Å². The summed E-state index contributed by atoms with van der Waals surface area (Å²) in [6.45, 7) is 10.1. The number of rotatable bonds is 3. The summed E-state index contributed by atoms with van der Waals surface area (Å²) in [7, 11) is 0. The van der Waals surface area contributed by atoms with E-state index in [1.807, 2.05) is 0 Å². The molecule has 0 aromatic heterocycles. The van der Waals surface area contributed by atoms with Crippen molar-refractivity contribution in [3.63, 3.8) is 0 Å². The predicted molar refractivity (Wildman–Crippen MR) is 47.6 cm³/mol. The van der Waals surface area contributed by atoms with Gasteiger partial charge >= 0.3 is 0 Å². The van der Waals surface area contributed by atoms with E-state index in [0.29, 0.717) is 0 Å². The normalized spacial score (nSPS) is 22.4. The fourth-order valence-corrected chi connectivity index (χ4v) is 1.51. The van der Waals surface area contributed by atoms with Gasteiger partial charge in [0.1, 0.15) is 0 Å². The van der Waals surface area contributed by atoms with Crippen LogP contribution in [0.3, 0.4) is 0 Å². The molecule has 1 fully saturated rings. The number of hydrogen-bond acceptors (Lipinski definition) is 3. The Morgan fingerprint density at radius 3 is 2.09 bits per heavy atom. The molecule has 3 heteroatoms. The largest absolute Gasteiger partial charge is 0.329 e. The van der Waals surface area contributed by atoms with Crippen molar-refractivity contribution in [1.29, 1.82) is 0 Å². The van der Waals surface area contributed by atoms with Crippen molar-refractivity contribution >= 4 is 0 Å². The fourth-order valence-electron chi connectivity index (χ4n) is 1.51. The summed E-state index contributed by atoms with van der Waals surface area (Å²) in [5.74, 6) is 0. The zero-order valence-electron chi connectivity index (χ0n) is 7.42. The monoisotopic (exact) mass is 157 g/mol. The lowest BCUT2D eigenvalue weighted by molar-refractivity contribution is 0.140. The third kappa shape index (κ3) is 2.77. The molecular weight excluding hydrogens is 138 g/mol. The van der Waals surface area contributed by atoms with Crippen molar-refractivity contribution in [2.45, 2.75) is 6.92 Å². The standard InChI is InChI=1S/C8H19N3/c1-2-10-5-7-11(4-3-9)8-6-10/h2-9H2,1H3. The number of piperazine rings is 1. The van der Waals surface area contributed by atoms with Crippen LogP contribution in [0.4, 0.5) is 0 Å². The first-order valence-electron chi connectivity index (χ1n) is 4.51. The van der Waals surface area contributed by atoms with Crippen LogP contribution in [0, 0.1) is 0 Å². The Kier molecular flexibility index (Phi) is 3.83. The van der Waals surface area contributed by atoms with Crippen LogP contribution in [0.2, 0.25) is 0 Å². The molecule has 1 heterocycles. The zero-order valence-corrected chi connectivity index (χ0v) is 7.42. The lowest BCUT2D eigenvalue weighted by atomic mass is 10.3. The molecule has 0 spiro atoms. The van der Waals surface area contributed by atoms with Gasteiger partial charge in [0.05, 0.1) is 0 Å². The van der Waals surface area contributed by atoms with Gasteiger partial charge in [0.15, 0.2) is 0 Å². The van der Waals surface area contributed by atoms with Gasteiger partial charge < -0.3 is 10.6 Å². The van der Waals surface area contributed by atoms with Crippen molar-refractivity contribution in [2.24, 2.45) is 5.73 Å². The lowest BCUT2D eigenvalue weighted by Gasteiger charge is -2.33. The van der Waals surface area contributed by atoms with Crippen LogP contribution in [-0.2, 0) is 0 Å². The highest BCUT2D eigenvalue weighted by Gasteiger charge is 2.13. The molecule has 0 aromatic carbocycles.